The molecule has 3 aromatic rings. The largest absolute Gasteiger partial charge is 0.497 e. The Morgan fingerprint density at radius 1 is 0.824 bits per heavy atom. The van der Waals surface area contributed by atoms with Crippen LogP contribution in [0.25, 0.3) is 0 Å². The van der Waals surface area contributed by atoms with Crippen LogP contribution in [0.3, 0.4) is 0 Å². The topological polar surface area (TPSA) is 73.3 Å². The van der Waals surface area contributed by atoms with E-state index >= 15 is 0 Å². The highest BCUT2D eigenvalue weighted by Gasteiger charge is 2.44. The number of aliphatic hydroxyl groups is 1. The molecule has 0 radical (unpaired) electrons. The van der Waals surface area contributed by atoms with Crippen LogP contribution in [-0.2, 0) is 37.5 Å². The van der Waals surface area contributed by atoms with Crippen molar-refractivity contribution >= 4 is 11.9 Å². The highest BCUT2D eigenvalue weighted by atomic mass is 16.5. The van der Waals surface area contributed by atoms with Crippen LogP contribution in [0, 0.1) is 0 Å². The summed E-state index contributed by atoms with van der Waals surface area (Å²) in [4.78, 5) is 30.3. The molecule has 34 heavy (non-hydrogen) atoms. The van der Waals surface area contributed by atoms with E-state index in [1.807, 2.05) is 48.5 Å². The fourth-order valence-electron chi connectivity index (χ4n) is 4.63. The van der Waals surface area contributed by atoms with E-state index in [9.17, 15) is 14.7 Å². The number of fused-ring (bicyclic) bond motifs is 6. The van der Waals surface area contributed by atoms with Crippen molar-refractivity contribution in [3.05, 3.63) is 101 Å². The summed E-state index contributed by atoms with van der Waals surface area (Å²) in [5.41, 5.74) is 5.11. The summed E-state index contributed by atoms with van der Waals surface area (Å²) in [6.45, 7) is 2.49. The summed E-state index contributed by atoms with van der Waals surface area (Å²) in [7, 11) is 1.66. The van der Waals surface area contributed by atoms with E-state index in [-0.39, 0.29) is 13.1 Å². The molecule has 174 valence electrons. The van der Waals surface area contributed by atoms with Gasteiger partial charge in [0.1, 0.15) is 5.75 Å². The smallest absolute Gasteiger partial charge is 0.329 e. The molecule has 0 saturated carbocycles. The van der Waals surface area contributed by atoms with Gasteiger partial charge in [-0.25, -0.2) is 4.79 Å². The predicted molar refractivity (Wildman–Crippen MR) is 126 cm³/mol. The standard InChI is InChI=1S/C27H27N3O4/c1-34-24-10-8-19(9-11-24)14-28-15-20-4-2-6-22(12-20)17-29-25(31)26(32)30(27(29)33)18-23-7-3-5-21(13-23)16-28/h2-13,25,31H,14-18H2,1H3. The number of amides is 3. The van der Waals surface area contributed by atoms with Crippen molar-refractivity contribution in [1.82, 2.24) is 14.7 Å². The molecule has 1 atom stereocenters. The van der Waals surface area contributed by atoms with Gasteiger partial charge >= 0.3 is 6.03 Å². The summed E-state index contributed by atoms with van der Waals surface area (Å²) in [6, 6.07) is 23.5. The quantitative estimate of drug-likeness (QED) is 0.610. The number of aliphatic hydroxyl groups excluding tert-OH is 1. The zero-order valence-electron chi connectivity index (χ0n) is 19.1. The summed E-state index contributed by atoms with van der Waals surface area (Å²) >= 11 is 0. The van der Waals surface area contributed by atoms with Crippen molar-refractivity contribution in [2.75, 3.05) is 7.11 Å². The molecule has 5 rings (SSSR count). The number of imide groups is 1. The molecule has 3 aromatic carbocycles. The zero-order valence-corrected chi connectivity index (χ0v) is 19.1. The molecule has 1 N–H and O–H groups in total. The first-order chi connectivity index (χ1) is 16.5. The van der Waals surface area contributed by atoms with Gasteiger partial charge in [-0.1, -0.05) is 60.7 Å². The van der Waals surface area contributed by atoms with E-state index in [0.29, 0.717) is 13.1 Å². The average molecular weight is 458 g/mol. The first-order valence-corrected chi connectivity index (χ1v) is 11.3. The number of rotatable bonds is 3. The van der Waals surface area contributed by atoms with E-state index in [4.69, 9.17) is 4.74 Å². The van der Waals surface area contributed by atoms with Crippen molar-refractivity contribution in [2.24, 2.45) is 0 Å². The van der Waals surface area contributed by atoms with Gasteiger partial charge in [0, 0.05) is 19.6 Å². The maximum absolute atomic E-state index is 12.9. The Morgan fingerprint density at radius 3 is 1.97 bits per heavy atom. The van der Waals surface area contributed by atoms with Gasteiger partial charge in [-0.15, -0.1) is 0 Å². The van der Waals surface area contributed by atoms with Gasteiger partial charge in [-0.2, -0.15) is 0 Å². The third kappa shape index (κ3) is 4.53. The average Bonchev–Trinajstić information content (AvgIpc) is 3.03. The third-order valence-electron chi connectivity index (χ3n) is 6.31. The molecule has 0 aliphatic carbocycles. The SMILES string of the molecule is COc1ccc(CN2Cc3cccc(c3)CN3C(=O)C(O)N(Cc4cccc(c4)C2)C3=O)cc1. The second kappa shape index (κ2) is 9.29. The van der Waals surface area contributed by atoms with Gasteiger partial charge in [0.05, 0.1) is 20.2 Å². The Hall–Kier alpha value is -3.68. The predicted octanol–water partition coefficient (Wildman–Crippen LogP) is 3.49. The fourth-order valence-corrected chi connectivity index (χ4v) is 4.63. The third-order valence-corrected chi connectivity index (χ3v) is 6.31. The van der Waals surface area contributed by atoms with E-state index < -0.39 is 18.2 Å². The molecule has 2 aliphatic rings. The lowest BCUT2D eigenvalue weighted by atomic mass is 10.1. The molecule has 1 fully saturated rings. The van der Waals surface area contributed by atoms with Crippen molar-refractivity contribution in [3.8, 4) is 5.75 Å². The van der Waals surface area contributed by atoms with Crippen LogP contribution in [0.15, 0.2) is 72.8 Å². The normalized spacial score (nSPS) is 18.7. The van der Waals surface area contributed by atoms with E-state index in [2.05, 4.69) is 29.2 Å². The summed E-state index contributed by atoms with van der Waals surface area (Å²) in [6.07, 6.45) is -1.46. The van der Waals surface area contributed by atoms with E-state index in [1.165, 1.54) is 10.5 Å². The van der Waals surface area contributed by atoms with Crippen molar-refractivity contribution in [2.45, 2.75) is 39.0 Å². The van der Waals surface area contributed by atoms with Crippen LogP contribution in [-0.4, -0.2) is 45.1 Å². The second-order valence-electron chi connectivity index (χ2n) is 8.84. The number of nitrogens with zero attached hydrogens (tertiary/aromatic N) is 3. The molecule has 7 nitrogen and oxygen atoms in total. The molecule has 2 heterocycles. The highest BCUT2D eigenvalue weighted by Crippen LogP contribution is 2.24. The van der Waals surface area contributed by atoms with Crippen LogP contribution in [0.5, 0.6) is 5.75 Å². The van der Waals surface area contributed by atoms with Gasteiger partial charge in [0.2, 0.25) is 6.23 Å². The maximum atomic E-state index is 12.9. The van der Waals surface area contributed by atoms with Crippen LogP contribution in [0.4, 0.5) is 4.79 Å². The van der Waals surface area contributed by atoms with Crippen LogP contribution < -0.4 is 4.74 Å². The molecular weight excluding hydrogens is 430 g/mol. The lowest BCUT2D eigenvalue weighted by molar-refractivity contribution is -0.137. The number of hydrogen-bond acceptors (Lipinski definition) is 5. The maximum Gasteiger partial charge on any atom is 0.329 e. The van der Waals surface area contributed by atoms with Crippen LogP contribution in [0.2, 0.25) is 0 Å². The first-order valence-electron chi connectivity index (χ1n) is 11.3. The molecule has 0 aromatic heterocycles. The van der Waals surface area contributed by atoms with Crippen molar-refractivity contribution in [3.63, 3.8) is 0 Å². The van der Waals surface area contributed by atoms with Gasteiger partial charge in [-0.05, 0) is 39.9 Å². The fraction of sp³-hybridized carbons (Fsp3) is 0.259. The Kier molecular flexibility index (Phi) is 6.04. The summed E-state index contributed by atoms with van der Waals surface area (Å²) in [5.74, 6) is 0.249. The Bertz CT molecular complexity index is 1210. The summed E-state index contributed by atoms with van der Waals surface area (Å²) < 4.78 is 5.29. The van der Waals surface area contributed by atoms with Crippen molar-refractivity contribution < 1.29 is 19.4 Å². The molecular formula is C27H27N3O4. The number of methoxy groups -OCH3 is 1. The molecule has 6 bridgehead atoms. The molecule has 7 heteroatoms. The van der Waals surface area contributed by atoms with Crippen molar-refractivity contribution in [1.29, 1.82) is 0 Å². The van der Waals surface area contributed by atoms with E-state index in [1.54, 1.807) is 7.11 Å². The number of urea groups is 1. The number of ether oxygens (including phenoxy) is 1. The van der Waals surface area contributed by atoms with Gasteiger partial charge in [0.15, 0.2) is 0 Å². The first kappa shape index (κ1) is 22.1. The Balaban J connectivity index is 1.50. The second-order valence-corrected chi connectivity index (χ2v) is 8.84. The number of carbonyl (C=O) groups is 2. The molecule has 0 spiro atoms. The molecule has 3 amide bonds. The molecule has 1 saturated heterocycles. The number of benzene rings is 3. The molecule has 1 unspecified atom stereocenters. The Morgan fingerprint density at radius 2 is 1.38 bits per heavy atom. The monoisotopic (exact) mass is 457 g/mol. The van der Waals surface area contributed by atoms with E-state index in [0.717, 1.165) is 39.4 Å². The zero-order chi connectivity index (χ0) is 23.7. The van der Waals surface area contributed by atoms with Gasteiger partial charge in [0.25, 0.3) is 5.91 Å². The lowest BCUT2D eigenvalue weighted by Crippen LogP contribution is -2.34. The highest BCUT2D eigenvalue weighted by molar-refractivity contribution is 6.03. The van der Waals surface area contributed by atoms with Crippen LogP contribution >= 0.6 is 0 Å². The van der Waals surface area contributed by atoms with Gasteiger partial charge in [-0.3, -0.25) is 19.5 Å². The lowest BCUT2D eigenvalue weighted by Gasteiger charge is -2.25. The minimum Gasteiger partial charge on any atom is -0.497 e. The Labute approximate surface area is 198 Å². The molecule has 2 aliphatic heterocycles. The van der Waals surface area contributed by atoms with Crippen LogP contribution in [0.1, 0.15) is 27.8 Å². The number of carbonyl (C=O) groups excluding carboxylic acids is 2. The minimum absolute atomic E-state index is 0.136. The minimum atomic E-state index is -1.46. The number of hydrogen-bond donors (Lipinski definition) is 1. The van der Waals surface area contributed by atoms with Gasteiger partial charge < -0.3 is 9.84 Å². The summed E-state index contributed by atoms with van der Waals surface area (Å²) in [5, 5.41) is 10.5.